The molecule has 2 aromatic carbocycles. The van der Waals surface area contributed by atoms with Gasteiger partial charge in [0.05, 0.1) is 15.2 Å². The number of rotatable bonds is 5. The van der Waals surface area contributed by atoms with Gasteiger partial charge >= 0.3 is 0 Å². The van der Waals surface area contributed by atoms with Gasteiger partial charge in [-0.05, 0) is 37.1 Å². The lowest BCUT2D eigenvalue weighted by Crippen LogP contribution is -2.48. The van der Waals surface area contributed by atoms with E-state index in [2.05, 4.69) is 41.1 Å². The van der Waals surface area contributed by atoms with Crippen molar-refractivity contribution in [2.24, 2.45) is 0 Å². The lowest BCUT2D eigenvalue weighted by atomic mass is 10.1. The molecule has 1 fully saturated rings. The number of halogens is 1. The molecule has 3 heterocycles. The minimum atomic E-state index is -0.0880. The molecule has 32 heavy (non-hydrogen) atoms. The summed E-state index contributed by atoms with van der Waals surface area (Å²) in [5.41, 5.74) is 3.66. The highest BCUT2D eigenvalue weighted by Crippen LogP contribution is 2.35. The first-order valence-electron chi connectivity index (χ1n) is 10.8. The van der Waals surface area contributed by atoms with Crippen molar-refractivity contribution in [2.75, 3.05) is 44.2 Å². The zero-order chi connectivity index (χ0) is 22.2. The van der Waals surface area contributed by atoms with Gasteiger partial charge in [-0.3, -0.25) is 9.69 Å². The molecule has 1 aliphatic rings. The molecule has 0 radical (unpaired) electrons. The molecule has 5 rings (SSSR count). The normalized spacial score (nSPS) is 15.0. The van der Waals surface area contributed by atoms with Crippen molar-refractivity contribution in [3.05, 3.63) is 57.4 Å². The van der Waals surface area contributed by atoms with E-state index >= 15 is 0 Å². The topological polar surface area (TPSA) is 48.5 Å². The Morgan fingerprint density at radius 3 is 2.66 bits per heavy atom. The smallest absolute Gasteiger partial charge is 0.262 e. The van der Waals surface area contributed by atoms with Gasteiger partial charge in [0.2, 0.25) is 0 Å². The maximum absolute atomic E-state index is 12.6. The minimum Gasteiger partial charge on any atom is -0.350 e. The molecule has 1 saturated heterocycles. The SMILES string of the molecule is Cc1cc(C)c2nc(N3CCN(CCNC(=O)c4sc5ccccc5c4Cl)CC3)sc2c1. The number of carbonyl (C=O) groups excluding carboxylic acids is 1. The largest absolute Gasteiger partial charge is 0.350 e. The third-order valence-electron chi connectivity index (χ3n) is 5.92. The van der Waals surface area contributed by atoms with E-state index in [0.717, 1.165) is 53.5 Å². The van der Waals surface area contributed by atoms with Crippen molar-refractivity contribution >= 4 is 65.6 Å². The number of hydrogen-bond acceptors (Lipinski definition) is 6. The van der Waals surface area contributed by atoms with Crippen LogP contribution in [0.4, 0.5) is 5.13 Å². The maximum Gasteiger partial charge on any atom is 0.262 e. The number of aromatic nitrogens is 1. The zero-order valence-corrected chi connectivity index (χ0v) is 20.5. The van der Waals surface area contributed by atoms with Crippen LogP contribution in [-0.4, -0.2) is 55.1 Å². The maximum atomic E-state index is 12.6. The van der Waals surface area contributed by atoms with Gasteiger partial charge < -0.3 is 10.2 Å². The Bertz CT molecular complexity index is 1290. The fraction of sp³-hybridized carbons (Fsp3) is 0.333. The van der Waals surface area contributed by atoms with Crippen molar-refractivity contribution in [3.63, 3.8) is 0 Å². The van der Waals surface area contributed by atoms with Gasteiger partial charge in [-0.2, -0.15) is 0 Å². The quantitative estimate of drug-likeness (QED) is 0.415. The van der Waals surface area contributed by atoms with Crippen molar-refractivity contribution in [1.29, 1.82) is 0 Å². The van der Waals surface area contributed by atoms with E-state index in [1.807, 2.05) is 24.3 Å². The number of nitrogens with zero attached hydrogens (tertiary/aromatic N) is 3. The van der Waals surface area contributed by atoms with Crippen LogP contribution in [0, 0.1) is 13.8 Å². The second-order valence-electron chi connectivity index (χ2n) is 8.25. The lowest BCUT2D eigenvalue weighted by molar-refractivity contribution is 0.0952. The zero-order valence-electron chi connectivity index (χ0n) is 18.2. The molecule has 0 bridgehead atoms. The molecule has 1 N–H and O–H groups in total. The fourth-order valence-electron chi connectivity index (χ4n) is 4.22. The lowest BCUT2D eigenvalue weighted by Gasteiger charge is -2.34. The molecule has 0 unspecified atom stereocenters. The first-order valence-corrected chi connectivity index (χ1v) is 12.8. The highest BCUT2D eigenvalue weighted by Gasteiger charge is 2.21. The summed E-state index contributed by atoms with van der Waals surface area (Å²) in [6, 6.07) is 12.3. The molecule has 166 valence electrons. The number of fused-ring (bicyclic) bond motifs is 2. The van der Waals surface area contributed by atoms with Crippen LogP contribution < -0.4 is 10.2 Å². The molecule has 1 aliphatic heterocycles. The Kier molecular flexibility index (Phi) is 6.07. The second-order valence-corrected chi connectivity index (χ2v) is 10.7. The molecule has 4 aromatic rings. The summed E-state index contributed by atoms with van der Waals surface area (Å²) in [6.45, 7) is 9.56. The fourth-order valence-corrected chi connectivity index (χ4v) is 6.85. The van der Waals surface area contributed by atoms with E-state index in [-0.39, 0.29) is 5.91 Å². The van der Waals surface area contributed by atoms with Crippen LogP contribution in [0.2, 0.25) is 5.02 Å². The molecule has 8 heteroatoms. The Morgan fingerprint density at radius 1 is 1.09 bits per heavy atom. The van der Waals surface area contributed by atoms with Gasteiger partial charge in [-0.25, -0.2) is 4.98 Å². The number of amides is 1. The Labute approximate surface area is 200 Å². The number of carbonyl (C=O) groups is 1. The Morgan fingerprint density at radius 2 is 1.88 bits per heavy atom. The average molecular weight is 485 g/mol. The molecular formula is C24H25ClN4OS2. The predicted octanol–water partition coefficient (Wildman–Crippen LogP) is 5.33. The monoisotopic (exact) mass is 484 g/mol. The van der Waals surface area contributed by atoms with Crippen molar-refractivity contribution in [2.45, 2.75) is 13.8 Å². The van der Waals surface area contributed by atoms with E-state index < -0.39 is 0 Å². The highest BCUT2D eigenvalue weighted by atomic mass is 35.5. The molecule has 0 spiro atoms. The van der Waals surface area contributed by atoms with Crippen molar-refractivity contribution in [3.8, 4) is 0 Å². The van der Waals surface area contributed by atoms with E-state index in [1.54, 1.807) is 11.3 Å². The second kappa shape index (κ2) is 8.98. The number of nitrogens with one attached hydrogen (secondary N) is 1. The van der Waals surface area contributed by atoms with Gasteiger partial charge in [0.1, 0.15) is 4.88 Å². The van der Waals surface area contributed by atoms with Crippen LogP contribution in [-0.2, 0) is 0 Å². The summed E-state index contributed by atoms with van der Waals surface area (Å²) in [5.74, 6) is -0.0880. The predicted molar refractivity (Wildman–Crippen MR) is 137 cm³/mol. The molecular weight excluding hydrogens is 460 g/mol. The molecule has 2 aromatic heterocycles. The van der Waals surface area contributed by atoms with Gasteiger partial charge in [0.25, 0.3) is 5.91 Å². The number of thiazole rings is 1. The van der Waals surface area contributed by atoms with Crippen LogP contribution in [0.25, 0.3) is 20.3 Å². The Balaban J connectivity index is 1.14. The van der Waals surface area contributed by atoms with E-state index in [4.69, 9.17) is 16.6 Å². The third kappa shape index (κ3) is 4.22. The first kappa shape index (κ1) is 21.6. The van der Waals surface area contributed by atoms with Crippen LogP contribution in [0.1, 0.15) is 20.8 Å². The van der Waals surface area contributed by atoms with Crippen LogP contribution >= 0.6 is 34.3 Å². The standard InChI is InChI=1S/C24H25ClN4OS2/c1-15-13-16(2)21-19(14-15)32-24(27-21)29-11-9-28(10-12-29)8-7-26-23(30)22-20(25)17-5-3-4-6-18(17)31-22/h3-6,13-14H,7-12H2,1-2H3,(H,26,30). The Hall–Kier alpha value is -2.19. The van der Waals surface area contributed by atoms with Crippen molar-refractivity contribution in [1.82, 2.24) is 15.2 Å². The van der Waals surface area contributed by atoms with E-state index in [0.29, 0.717) is 16.4 Å². The molecule has 0 aliphatic carbocycles. The number of aryl methyl sites for hydroxylation is 2. The molecule has 0 atom stereocenters. The van der Waals surface area contributed by atoms with Gasteiger partial charge in [0.15, 0.2) is 5.13 Å². The number of anilines is 1. The van der Waals surface area contributed by atoms with Crippen LogP contribution in [0.3, 0.4) is 0 Å². The molecule has 5 nitrogen and oxygen atoms in total. The minimum absolute atomic E-state index is 0.0880. The van der Waals surface area contributed by atoms with Crippen molar-refractivity contribution < 1.29 is 4.79 Å². The van der Waals surface area contributed by atoms with Gasteiger partial charge in [-0.1, -0.05) is 47.2 Å². The van der Waals surface area contributed by atoms with Crippen LogP contribution in [0.15, 0.2) is 36.4 Å². The number of benzene rings is 2. The van der Waals surface area contributed by atoms with Gasteiger partial charge in [0, 0.05) is 49.4 Å². The summed E-state index contributed by atoms with van der Waals surface area (Å²) < 4.78 is 2.31. The molecule has 1 amide bonds. The highest BCUT2D eigenvalue weighted by molar-refractivity contribution is 7.22. The number of piperazine rings is 1. The summed E-state index contributed by atoms with van der Waals surface area (Å²) in [6.07, 6.45) is 0. The summed E-state index contributed by atoms with van der Waals surface area (Å²) in [5, 5.41) is 5.65. The number of thiophene rings is 1. The summed E-state index contributed by atoms with van der Waals surface area (Å²) in [7, 11) is 0. The summed E-state index contributed by atoms with van der Waals surface area (Å²) >= 11 is 9.66. The van der Waals surface area contributed by atoms with E-state index in [1.165, 1.54) is 27.2 Å². The molecule has 0 saturated carbocycles. The first-order chi connectivity index (χ1) is 15.5. The number of hydrogen-bond donors (Lipinski definition) is 1. The van der Waals surface area contributed by atoms with E-state index in [9.17, 15) is 4.79 Å². The van der Waals surface area contributed by atoms with Gasteiger partial charge in [-0.15, -0.1) is 11.3 Å². The third-order valence-corrected chi connectivity index (χ3v) is 8.65. The van der Waals surface area contributed by atoms with Crippen LogP contribution in [0.5, 0.6) is 0 Å². The summed E-state index contributed by atoms with van der Waals surface area (Å²) in [4.78, 5) is 22.9. The average Bonchev–Trinajstić information content (AvgIpc) is 3.36.